The second kappa shape index (κ2) is 9.89. The maximum atomic E-state index is 12.7. The van der Waals surface area contributed by atoms with E-state index in [1.165, 1.54) is 7.11 Å². The zero-order valence-corrected chi connectivity index (χ0v) is 19.1. The van der Waals surface area contributed by atoms with Crippen LogP contribution in [0.5, 0.6) is 11.5 Å². The molecular weight excluding hydrogens is 458 g/mol. The topological polar surface area (TPSA) is 124 Å². The third-order valence-corrected chi connectivity index (χ3v) is 5.83. The molecule has 2 aromatic rings. The van der Waals surface area contributed by atoms with Crippen molar-refractivity contribution >= 4 is 29.0 Å². The Morgan fingerprint density at radius 1 is 1.26 bits per heavy atom. The van der Waals surface area contributed by atoms with Crippen molar-refractivity contribution in [1.29, 1.82) is 5.26 Å². The van der Waals surface area contributed by atoms with Crippen molar-refractivity contribution < 1.29 is 23.8 Å². The van der Waals surface area contributed by atoms with Crippen LogP contribution in [0.4, 0.5) is 5.69 Å². The van der Waals surface area contributed by atoms with Gasteiger partial charge >= 0.3 is 0 Å². The number of hydrogen-bond donors (Lipinski definition) is 2. The van der Waals surface area contributed by atoms with E-state index in [0.29, 0.717) is 58.4 Å². The summed E-state index contributed by atoms with van der Waals surface area (Å²) in [6, 6.07) is 13.9. The van der Waals surface area contributed by atoms with Gasteiger partial charge in [-0.05, 0) is 42.3 Å². The Labute approximate surface area is 201 Å². The van der Waals surface area contributed by atoms with Crippen molar-refractivity contribution in [3.8, 4) is 17.6 Å². The van der Waals surface area contributed by atoms with Crippen molar-refractivity contribution in [1.82, 2.24) is 0 Å². The van der Waals surface area contributed by atoms with Crippen LogP contribution in [0.25, 0.3) is 0 Å². The Bertz CT molecular complexity index is 1260. The molecule has 8 nitrogen and oxygen atoms in total. The first-order valence-corrected chi connectivity index (χ1v) is 11.0. The summed E-state index contributed by atoms with van der Waals surface area (Å²) < 4.78 is 16.7. The largest absolute Gasteiger partial charge is 0.493 e. The molecule has 34 heavy (non-hydrogen) atoms. The smallest absolute Gasteiger partial charge is 0.262 e. The lowest BCUT2D eigenvalue weighted by atomic mass is 9.77. The molecule has 2 aromatic carbocycles. The fraction of sp³-hybridized carbons (Fsp3) is 0.240. The normalized spacial score (nSPS) is 17.4. The first-order chi connectivity index (χ1) is 16.4. The summed E-state index contributed by atoms with van der Waals surface area (Å²) in [5.74, 6) is 0.0923. The van der Waals surface area contributed by atoms with Crippen LogP contribution in [-0.4, -0.2) is 25.4 Å². The molecule has 0 spiro atoms. The molecule has 0 radical (unpaired) electrons. The Morgan fingerprint density at radius 3 is 2.82 bits per heavy atom. The first-order valence-electron chi connectivity index (χ1n) is 10.6. The van der Waals surface area contributed by atoms with Crippen LogP contribution >= 0.6 is 11.6 Å². The van der Waals surface area contributed by atoms with Crippen LogP contribution in [0.1, 0.15) is 30.7 Å². The molecule has 1 aliphatic heterocycles. The number of ketones is 1. The number of halogens is 1. The summed E-state index contributed by atoms with van der Waals surface area (Å²) in [6.45, 7) is -0.260. The minimum absolute atomic E-state index is 0.00192. The second-order valence-corrected chi connectivity index (χ2v) is 8.23. The van der Waals surface area contributed by atoms with Gasteiger partial charge in [0.25, 0.3) is 5.91 Å². The Hall–Kier alpha value is -3.96. The average molecular weight is 480 g/mol. The van der Waals surface area contributed by atoms with Gasteiger partial charge in [-0.25, -0.2) is 0 Å². The van der Waals surface area contributed by atoms with E-state index in [4.69, 9.17) is 31.5 Å². The van der Waals surface area contributed by atoms with Crippen molar-refractivity contribution in [2.24, 2.45) is 5.73 Å². The highest BCUT2D eigenvalue weighted by molar-refractivity contribution is 6.30. The molecule has 1 heterocycles. The van der Waals surface area contributed by atoms with Gasteiger partial charge in [-0.15, -0.1) is 0 Å². The van der Waals surface area contributed by atoms with Crippen LogP contribution in [0.15, 0.2) is 65.3 Å². The predicted molar refractivity (Wildman–Crippen MR) is 125 cm³/mol. The summed E-state index contributed by atoms with van der Waals surface area (Å²) >= 11 is 5.94. The number of carbonyl (C=O) groups excluding carboxylic acids is 2. The molecule has 2 aliphatic rings. The monoisotopic (exact) mass is 479 g/mol. The molecule has 0 saturated carbocycles. The number of benzene rings is 2. The Morgan fingerprint density at radius 2 is 2.09 bits per heavy atom. The number of anilines is 1. The molecule has 3 N–H and O–H groups in total. The van der Waals surface area contributed by atoms with E-state index in [1.54, 1.807) is 42.5 Å². The molecule has 174 valence electrons. The lowest BCUT2D eigenvalue weighted by Gasteiger charge is -2.31. The van der Waals surface area contributed by atoms with Gasteiger partial charge in [-0.2, -0.15) is 5.26 Å². The lowest BCUT2D eigenvalue weighted by molar-refractivity contribution is -0.118. The standard InChI is InChI=1S/C25H22ClN3O5/c1-32-21-10-14(23-17(12-27)25(28)34-20-7-3-6-18(30)24(20)23)8-9-19(21)33-13-22(31)29-16-5-2-4-15(26)11-16/h2,4-5,8-11,23H,3,6-7,13,28H2,1H3,(H,29,31)/t23-/m1/s1. The molecule has 4 rings (SSSR count). The number of nitriles is 1. The minimum atomic E-state index is -0.657. The zero-order chi connectivity index (χ0) is 24.2. The highest BCUT2D eigenvalue weighted by atomic mass is 35.5. The predicted octanol–water partition coefficient (Wildman–Crippen LogP) is 4.18. The minimum Gasteiger partial charge on any atom is -0.493 e. The molecule has 1 atom stereocenters. The van der Waals surface area contributed by atoms with Crippen LogP contribution in [0, 0.1) is 11.3 Å². The van der Waals surface area contributed by atoms with Gasteiger partial charge in [0.15, 0.2) is 23.9 Å². The highest BCUT2D eigenvalue weighted by Crippen LogP contribution is 2.45. The van der Waals surface area contributed by atoms with Crippen LogP contribution in [0.2, 0.25) is 5.02 Å². The van der Waals surface area contributed by atoms with E-state index < -0.39 is 5.92 Å². The summed E-state index contributed by atoms with van der Waals surface area (Å²) in [6.07, 6.45) is 1.64. The number of carbonyl (C=O) groups is 2. The molecular formula is C25H22ClN3O5. The number of nitrogens with zero attached hydrogens (tertiary/aromatic N) is 1. The Balaban J connectivity index is 1.57. The maximum absolute atomic E-state index is 12.7. The van der Waals surface area contributed by atoms with Crippen LogP contribution in [0.3, 0.4) is 0 Å². The van der Waals surface area contributed by atoms with E-state index in [0.717, 1.165) is 0 Å². The number of methoxy groups -OCH3 is 1. The van der Waals surface area contributed by atoms with Gasteiger partial charge < -0.3 is 25.3 Å². The first kappa shape index (κ1) is 23.2. The fourth-order valence-corrected chi connectivity index (χ4v) is 4.27. The van der Waals surface area contributed by atoms with Gasteiger partial charge in [0.05, 0.1) is 13.0 Å². The van der Waals surface area contributed by atoms with Crippen molar-refractivity contribution in [3.63, 3.8) is 0 Å². The summed E-state index contributed by atoms with van der Waals surface area (Å²) in [7, 11) is 1.47. The van der Waals surface area contributed by atoms with Gasteiger partial charge in [-0.1, -0.05) is 23.7 Å². The molecule has 0 bridgehead atoms. The maximum Gasteiger partial charge on any atom is 0.262 e. The molecule has 0 unspecified atom stereocenters. The van der Waals surface area contributed by atoms with Crippen LogP contribution < -0.4 is 20.5 Å². The molecule has 1 aliphatic carbocycles. The van der Waals surface area contributed by atoms with Crippen molar-refractivity contribution in [3.05, 3.63) is 75.8 Å². The SMILES string of the molecule is COc1cc([C@@H]2C(C#N)=C(N)OC3=C2C(=O)CCC3)ccc1OCC(=O)Nc1cccc(Cl)c1. The molecule has 0 fully saturated rings. The number of allylic oxidation sites excluding steroid dienone is 3. The number of nitrogens with two attached hydrogens (primary N) is 1. The molecule has 0 aromatic heterocycles. The number of hydrogen-bond acceptors (Lipinski definition) is 7. The average Bonchev–Trinajstić information content (AvgIpc) is 2.82. The van der Waals surface area contributed by atoms with Crippen LogP contribution in [-0.2, 0) is 14.3 Å². The van der Waals surface area contributed by atoms with Gasteiger partial charge in [-0.3, -0.25) is 9.59 Å². The molecule has 9 heteroatoms. The van der Waals surface area contributed by atoms with E-state index >= 15 is 0 Å². The van der Waals surface area contributed by atoms with Gasteiger partial charge in [0.2, 0.25) is 5.88 Å². The number of rotatable bonds is 6. The third kappa shape index (κ3) is 4.70. The van der Waals surface area contributed by atoms with E-state index in [2.05, 4.69) is 11.4 Å². The number of nitrogens with one attached hydrogen (secondary N) is 1. The van der Waals surface area contributed by atoms with E-state index in [1.807, 2.05) is 0 Å². The number of amides is 1. The van der Waals surface area contributed by atoms with Crippen molar-refractivity contribution in [2.45, 2.75) is 25.2 Å². The quantitative estimate of drug-likeness (QED) is 0.636. The molecule has 0 saturated heterocycles. The van der Waals surface area contributed by atoms with Crippen molar-refractivity contribution in [2.75, 3.05) is 19.0 Å². The third-order valence-electron chi connectivity index (χ3n) is 5.59. The highest BCUT2D eigenvalue weighted by Gasteiger charge is 2.38. The van der Waals surface area contributed by atoms with E-state index in [-0.39, 0.29) is 29.8 Å². The number of Topliss-reactive ketones (excluding diaryl/α,β-unsaturated/α-hetero) is 1. The Kier molecular flexibility index (Phi) is 6.75. The molecule has 1 amide bonds. The number of ether oxygens (including phenoxy) is 3. The van der Waals surface area contributed by atoms with Gasteiger partial charge in [0.1, 0.15) is 17.4 Å². The zero-order valence-electron chi connectivity index (χ0n) is 18.4. The van der Waals surface area contributed by atoms with E-state index in [9.17, 15) is 14.9 Å². The summed E-state index contributed by atoms with van der Waals surface area (Å²) in [5, 5.41) is 12.9. The second-order valence-electron chi connectivity index (χ2n) is 7.80. The lowest BCUT2D eigenvalue weighted by Crippen LogP contribution is -2.27. The summed E-state index contributed by atoms with van der Waals surface area (Å²) in [4.78, 5) is 25.0. The fourth-order valence-electron chi connectivity index (χ4n) is 4.08. The summed E-state index contributed by atoms with van der Waals surface area (Å²) in [5.41, 5.74) is 7.82. The van der Waals surface area contributed by atoms with Gasteiger partial charge in [0, 0.05) is 29.1 Å².